The van der Waals surface area contributed by atoms with Gasteiger partial charge < -0.3 is 14.6 Å². The molecule has 4 heteroatoms. The number of nitrogens with one attached hydrogen (secondary N) is 1. The summed E-state index contributed by atoms with van der Waals surface area (Å²) in [4.78, 5) is 14.9. The second kappa shape index (κ2) is 10.6. The normalized spacial score (nSPS) is 15.1. The number of rotatable bonds is 8. The molecule has 1 N–H and O–H groups in total. The van der Waals surface area contributed by atoms with Crippen molar-refractivity contribution < 1.29 is 4.42 Å². The number of fused-ring (bicyclic) bond motifs is 1. The van der Waals surface area contributed by atoms with Gasteiger partial charge in [0.05, 0.1) is 5.69 Å². The smallest absolute Gasteiger partial charge is 0.338 e. The van der Waals surface area contributed by atoms with E-state index >= 15 is 0 Å². The molecule has 0 saturated carbocycles. The predicted molar refractivity (Wildman–Crippen MR) is 134 cm³/mol. The van der Waals surface area contributed by atoms with Gasteiger partial charge in [-0.25, -0.2) is 4.79 Å². The molecule has 0 bridgehead atoms. The highest BCUT2D eigenvalue weighted by Crippen LogP contribution is 2.30. The summed E-state index contributed by atoms with van der Waals surface area (Å²) in [6.07, 6.45) is 8.68. The lowest BCUT2D eigenvalue weighted by Gasteiger charge is -2.36. The molecule has 1 saturated heterocycles. The molecular weight excluding hydrogens is 396 g/mol. The van der Waals surface area contributed by atoms with Crippen molar-refractivity contribution in [3.63, 3.8) is 0 Å². The van der Waals surface area contributed by atoms with Gasteiger partial charge in [-0.2, -0.15) is 0 Å². The summed E-state index contributed by atoms with van der Waals surface area (Å²) in [6.45, 7) is 7.27. The Morgan fingerprint density at radius 3 is 2.62 bits per heavy atom. The number of nitrogens with zero attached hydrogens (tertiary/aromatic N) is 1. The molecule has 32 heavy (non-hydrogen) atoms. The summed E-state index contributed by atoms with van der Waals surface area (Å²) in [7, 11) is 0. The van der Waals surface area contributed by atoms with Crippen molar-refractivity contribution in [2.24, 2.45) is 5.92 Å². The Hall–Kier alpha value is -2.85. The third-order valence-corrected chi connectivity index (χ3v) is 6.27. The van der Waals surface area contributed by atoms with Crippen molar-refractivity contribution in [2.45, 2.75) is 45.6 Å². The van der Waals surface area contributed by atoms with Crippen molar-refractivity contribution in [3.8, 4) is 0 Å². The SMILES string of the molecule is CC(C)CCc1ccc2oc(=O)cc(N(CC=Cc3ccccc3)C3CCNCC3)c2c1. The highest BCUT2D eigenvalue weighted by atomic mass is 16.4. The fourth-order valence-electron chi connectivity index (χ4n) is 4.47. The number of anilines is 1. The Balaban J connectivity index is 1.71. The van der Waals surface area contributed by atoms with E-state index in [9.17, 15) is 4.79 Å². The Bertz CT molecular complexity index is 1100. The first kappa shape index (κ1) is 22.3. The van der Waals surface area contributed by atoms with E-state index in [-0.39, 0.29) is 5.63 Å². The van der Waals surface area contributed by atoms with Crippen molar-refractivity contribution >= 4 is 22.7 Å². The molecule has 4 nitrogen and oxygen atoms in total. The molecular formula is C28H34N2O2. The van der Waals surface area contributed by atoms with Crippen LogP contribution in [0.1, 0.15) is 44.2 Å². The number of hydrogen-bond acceptors (Lipinski definition) is 4. The van der Waals surface area contributed by atoms with Gasteiger partial charge in [0.15, 0.2) is 0 Å². The highest BCUT2D eigenvalue weighted by Gasteiger charge is 2.23. The van der Waals surface area contributed by atoms with Gasteiger partial charge in [0.2, 0.25) is 0 Å². The minimum absolute atomic E-state index is 0.284. The molecule has 1 fully saturated rings. The fourth-order valence-corrected chi connectivity index (χ4v) is 4.47. The van der Waals surface area contributed by atoms with E-state index in [4.69, 9.17) is 4.42 Å². The zero-order chi connectivity index (χ0) is 22.3. The van der Waals surface area contributed by atoms with Gasteiger partial charge in [-0.15, -0.1) is 0 Å². The molecule has 0 atom stereocenters. The molecule has 0 radical (unpaired) electrons. The molecule has 0 spiro atoms. The maximum absolute atomic E-state index is 12.5. The summed E-state index contributed by atoms with van der Waals surface area (Å²) in [5, 5.41) is 4.50. The van der Waals surface area contributed by atoms with Crippen LogP contribution in [0.4, 0.5) is 5.69 Å². The van der Waals surface area contributed by atoms with Crippen molar-refractivity contribution in [1.29, 1.82) is 0 Å². The summed E-state index contributed by atoms with van der Waals surface area (Å²) >= 11 is 0. The van der Waals surface area contributed by atoms with Crippen LogP contribution in [0.3, 0.4) is 0 Å². The van der Waals surface area contributed by atoms with E-state index in [1.165, 1.54) is 11.1 Å². The standard InChI is InChI=1S/C28H34N2O2/c1-21(2)10-11-23-12-13-27-25(19-23)26(20-28(31)32-27)30(24-14-16-29-17-15-24)18-6-9-22-7-4-3-5-8-22/h3-9,12-13,19-21,24,29H,10-11,14-18H2,1-2H3. The van der Waals surface area contributed by atoms with E-state index in [0.717, 1.165) is 56.4 Å². The second-order valence-corrected chi connectivity index (χ2v) is 9.16. The van der Waals surface area contributed by atoms with Crippen LogP contribution >= 0.6 is 0 Å². The van der Waals surface area contributed by atoms with Gasteiger partial charge in [0.1, 0.15) is 5.58 Å². The summed E-state index contributed by atoms with van der Waals surface area (Å²) in [5.74, 6) is 0.660. The zero-order valence-corrected chi connectivity index (χ0v) is 19.2. The van der Waals surface area contributed by atoms with Gasteiger partial charge in [-0.1, -0.05) is 62.4 Å². The van der Waals surface area contributed by atoms with Gasteiger partial charge in [-0.3, -0.25) is 0 Å². The maximum Gasteiger partial charge on any atom is 0.338 e. The Morgan fingerprint density at radius 2 is 1.88 bits per heavy atom. The first-order valence-corrected chi connectivity index (χ1v) is 11.9. The molecule has 0 aliphatic carbocycles. The minimum Gasteiger partial charge on any atom is -0.423 e. The van der Waals surface area contributed by atoms with Crippen LogP contribution in [0.5, 0.6) is 0 Å². The summed E-state index contributed by atoms with van der Waals surface area (Å²) in [5.41, 5.74) is 3.87. The van der Waals surface area contributed by atoms with E-state index in [1.54, 1.807) is 6.07 Å². The molecule has 2 aromatic carbocycles. The minimum atomic E-state index is -0.284. The predicted octanol–water partition coefficient (Wildman–Crippen LogP) is 5.65. The second-order valence-electron chi connectivity index (χ2n) is 9.16. The highest BCUT2D eigenvalue weighted by molar-refractivity contribution is 5.91. The van der Waals surface area contributed by atoms with Crippen LogP contribution in [-0.4, -0.2) is 25.7 Å². The van der Waals surface area contributed by atoms with Crippen LogP contribution in [0.2, 0.25) is 0 Å². The van der Waals surface area contributed by atoms with Gasteiger partial charge >= 0.3 is 5.63 Å². The molecule has 1 aliphatic rings. The Kier molecular flexibility index (Phi) is 7.43. The van der Waals surface area contributed by atoms with Gasteiger partial charge in [0, 0.05) is 24.0 Å². The molecule has 0 amide bonds. The summed E-state index contributed by atoms with van der Waals surface area (Å²) < 4.78 is 5.58. The lowest BCUT2D eigenvalue weighted by atomic mass is 9.99. The first-order chi connectivity index (χ1) is 15.6. The van der Waals surface area contributed by atoms with E-state index in [2.05, 4.69) is 72.6 Å². The molecule has 0 unspecified atom stereocenters. The Morgan fingerprint density at radius 1 is 1.09 bits per heavy atom. The monoisotopic (exact) mass is 430 g/mol. The van der Waals surface area contributed by atoms with Crippen LogP contribution in [-0.2, 0) is 6.42 Å². The quantitative estimate of drug-likeness (QED) is 0.469. The average Bonchev–Trinajstić information content (AvgIpc) is 2.81. The Labute approximate surface area is 190 Å². The summed E-state index contributed by atoms with van der Waals surface area (Å²) in [6, 6.07) is 18.7. The van der Waals surface area contributed by atoms with Crippen LogP contribution in [0.25, 0.3) is 17.0 Å². The first-order valence-electron chi connectivity index (χ1n) is 11.9. The maximum atomic E-state index is 12.5. The molecule has 168 valence electrons. The van der Waals surface area contributed by atoms with Crippen molar-refractivity contribution in [2.75, 3.05) is 24.5 Å². The molecule has 4 rings (SSSR count). The van der Waals surface area contributed by atoms with Crippen LogP contribution < -0.4 is 15.8 Å². The molecule has 1 aliphatic heterocycles. The molecule has 2 heterocycles. The van der Waals surface area contributed by atoms with Crippen molar-refractivity contribution in [1.82, 2.24) is 5.32 Å². The van der Waals surface area contributed by atoms with Crippen molar-refractivity contribution in [3.05, 3.63) is 82.2 Å². The number of benzene rings is 2. The molecule has 1 aromatic heterocycles. The van der Waals surface area contributed by atoms with E-state index in [1.807, 2.05) is 12.1 Å². The average molecular weight is 431 g/mol. The van der Waals surface area contributed by atoms with E-state index < -0.39 is 0 Å². The third-order valence-electron chi connectivity index (χ3n) is 6.27. The van der Waals surface area contributed by atoms with Gasteiger partial charge in [0.25, 0.3) is 0 Å². The topological polar surface area (TPSA) is 45.5 Å². The van der Waals surface area contributed by atoms with Crippen LogP contribution in [0, 0.1) is 5.92 Å². The zero-order valence-electron chi connectivity index (χ0n) is 19.2. The number of piperidine rings is 1. The number of aryl methyl sites for hydroxylation is 1. The van der Waals surface area contributed by atoms with Gasteiger partial charge in [-0.05, 0) is 68.0 Å². The largest absolute Gasteiger partial charge is 0.423 e. The fraction of sp³-hybridized carbons (Fsp3) is 0.393. The lowest BCUT2D eigenvalue weighted by molar-refractivity contribution is 0.437. The van der Waals surface area contributed by atoms with Crippen LogP contribution in [0.15, 0.2) is 69.9 Å². The number of hydrogen-bond donors (Lipinski definition) is 1. The lowest BCUT2D eigenvalue weighted by Crippen LogP contribution is -2.43. The molecule has 3 aromatic rings. The van der Waals surface area contributed by atoms with E-state index in [0.29, 0.717) is 17.5 Å². The third kappa shape index (κ3) is 5.68.